The number of rotatable bonds is 9. The van der Waals surface area contributed by atoms with Crippen molar-refractivity contribution >= 4 is 11.9 Å². The third-order valence-corrected chi connectivity index (χ3v) is 4.00. The van der Waals surface area contributed by atoms with Gasteiger partial charge in [-0.3, -0.25) is 9.59 Å². The molecule has 138 valence electrons. The smallest absolute Gasteiger partial charge is 0.303 e. The summed E-state index contributed by atoms with van der Waals surface area (Å²) in [5, 5.41) is 11.6. The lowest BCUT2D eigenvalue weighted by atomic mass is 9.98. The number of ether oxygens (including phenoxy) is 1. The fourth-order valence-corrected chi connectivity index (χ4v) is 2.61. The molecule has 2 aromatic carbocycles. The number of halogens is 1. The number of benzene rings is 2. The number of nitrogens with one attached hydrogen (secondary N) is 1. The zero-order chi connectivity index (χ0) is 18.9. The largest absolute Gasteiger partial charge is 0.497 e. The molecule has 1 amide bonds. The monoisotopic (exact) mass is 359 g/mol. The van der Waals surface area contributed by atoms with Gasteiger partial charge in [-0.15, -0.1) is 0 Å². The molecular weight excluding hydrogens is 337 g/mol. The van der Waals surface area contributed by atoms with E-state index in [1.54, 1.807) is 31.4 Å². The first-order chi connectivity index (χ1) is 12.5. The lowest BCUT2D eigenvalue weighted by Gasteiger charge is -2.20. The number of carbonyl (C=O) groups excluding carboxylic acids is 1. The van der Waals surface area contributed by atoms with Gasteiger partial charge < -0.3 is 15.2 Å². The van der Waals surface area contributed by atoms with Gasteiger partial charge in [0.05, 0.1) is 13.2 Å². The molecule has 2 N–H and O–H groups in total. The molecule has 2 aromatic rings. The summed E-state index contributed by atoms with van der Waals surface area (Å²) in [4.78, 5) is 22.8. The molecule has 0 aliphatic carbocycles. The van der Waals surface area contributed by atoms with Gasteiger partial charge in [-0.2, -0.15) is 0 Å². The van der Waals surface area contributed by atoms with Gasteiger partial charge in [0.1, 0.15) is 11.6 Å². The third-order valence-electron chi connectivity index (χ3n) is 4.00. The number of unbranched alkanes of at least 4 members (excludes halogenated alkanes) is 1. The van der Waals surface area contributed by atoms with Gasteiger partial charge in [-0.1, -0.05) is 24.3 Å². The number of carboxylic acid groups (broad SMARTS) is 1. The number of carboxylic acids is 1. The molecule has 0 bridgehead atoms. The Morgan fingerprint density at radius 1 is 1.00 bits per heavy atom. The molecule has 0 aliphatic heterocycles. The van der Waals surface area contributed by atoms with Gasteiger partial charge in [0, 0.05) is 12.8 Å². The van der Waals surface area contributed by atoms with E-state index in [0.717, 1.165) is 11.1 Å². The van der Waals surface area contributed by atoms with E-state index >= 15 is 0 Å². The lowest BCUT2D eigenvalue weighted by Crippen LogP contribution is -2.29. The molecule has 0 radical (unpaired) electrons. The van der Waals surface area contributed by atoms with Gasteiger partial charge in [-0.25, -0.2) is 4.39 Å². The topological polar surface area (TPSA) is 75.6 Å². The second kappa shape index (κ2) is 9.56. The van der Waals surface area contributed by atoms with Crippen LogP contribution in [0.2, 0.25) is 0 Å². The summed E-state index contributed by atoms with van der Waals surface area (Å²) < 4.78 is 18.4. The fourth-order valence-electron chi connectivity index (χ4n) is 2.61. The molecule has 0 fully saturated rings. The molecule has 0 saturated heterocycles. The van der Waals surface area contributed by atoms with Crippen LogP contribution in [-0.4, -0.2) is 24.1 Å². The molecule has 6 heteroatoms. The van der Waals surface area contributed by atoms with Crippen LogP contribution in [0.1, 0.15) is 42.9 Å². The molecule has 0 aromatic heterocycles. The zero-order valence-electron chi connectivity index (χ0n) is 14.6. The summed E-state index contributed by atoms with van der Waals surface area (Å²) in [6.45, 7) is 0. The predicted octanol–water partition coefficient (Wildman–Crippen LogP) is 3.68. The highest BCUT2D eigenvalue weighted by Gasteiger charge is 2.17. The van der Waals surface area contributed by atoms with Crippen LogP contribution in [0.25, 0.3) is 0 Å². The van der Waals surface area contributed by atoms with Crippen molar-refractivity contribution in [2.45, 2.75) is 31.7 Å². The predicted molar refractivity (Wildman–Crippen MR) is 95.5 cm³/mol. The lowest BCUT2D eigenvalue weighted by molar-refractivity contribution is -0.137. The highest BCUT2D eigenvalue weighted by atomic mass is 19.1. The van der Waals surface area contributed by atoms with Crippen molar-refractivity contribution in [3.63, 3.8) is 0 Å². The number of carbonyl (C=O) groups is 2. The first-order valence-electron chi connectivity index (χ1n) is 8.40. The van der Waals surface area contributed by atoms with Crippen LogP contribution in [0.3, 0.4) is 0 Å². The van der Waals surface area contributed by atoms with Crippen molar-refractivity contribution < 1.29 is 23.8 Å². The summed E-state index contributed by atoms with van der Waals surface area (Å²) in [7, 11) is 1.57. The van der Waals surface area contributed by atoms with Crippen molar-refractivity contribution in [1.29, 1.82) is 0 Å². The van der Waals surface area contributed by atoms with Gasteiger partial charge >= 0.3 is 5.97 Å². The highest BCUT2D eigenvalue weighted by Crippen LogP contribution is 2.24. The maximum atomic E-state index is 13.2. The molecule has 2 rings (SSSR count). The zero-order valence-corrected chi connectivity index (χ0v) is 14.6. The number of amides is 1. The van der Waals surface area contributed by atoms with E-state index in [1.165, 1.54) is 12.1 Å². The molecule has 1 unspecified atom stereocenters. The second-order valence-corrected chi connectivity index (χ2v) is 5.93. The Labute approximate surface area is 151 Å². The molecule has 26 heavy (non-hydrogen) atoms. The first-order valence-corrected chi connectivity index (χ1v) is 8.40. The van der Waals surface area contributed by atoms with Gasteiger partial charge in [0.25, 0.3) is 0 Å². The summed E-state index contributed by atoms with van der Waals surface area (Å²) in [5.74, 6) is -0.692. The van der Waals surface area contributed by atoms with E-state index in [4.69, 9.17) is 9.84 Å². The Morgan fingerprint density at radius 2 is 1.54 bits per heavy atom. The SMILES string of the molecule is COc1ccc(C(NC(=O)CCCCC(=O)O)c2ccc(F)cc2)cc1. The Kier molecular flexibility index (Phi) is 7.14. The summed E-state index contributed by atoms with van der Waals surface area (Å²) >= 11 is 0. The Bertz CT molecular complexity index is 728. The number of methoxy groups -OCH3 is 1. The maximum Gasteiger partial charge on any atom is 0.303 e. The number of hydrogen-bond acceptors (Lipinski definition) is 3. The van der Waals surface area contributed by atoms with Crippen LogP contribution in [-0.2, 0) is 9.59 Å². The molecule has 0 saturated carbocycles. The van der Waals surface area contributed by atoms with E-state index in [1.807, 2.05) is 12.1 Å². The molecular formula is C20H22FNO4. The second-order valence-electron chi connectivity index (χ2n) is 5.93. The first kappa shape index (κ1) is 19.4. The van der Waals surface area contributed by atoms with Crippen molar-refractivity contribution in [1.82, 2.24) is 5.32 Å². The molecule has 1 atom stereocenters. The summed E-state index contributed by atoms with van der Waals surface area (Å²) in [6, 6.07) is 12.8. The standard InChI is InChI=1S/C20H22FNO4/c1-26-17-12-8-15(9-13-17)20(14-6-10-16(21)11-7-14)22-18(23)4-2-3-5-19(24)25/h6-13,20H,2-5H2,1H3,(H,22,23)(H,24,25). The summed E-state index contributed by atoms with van der Waals surface area (Å²) in [5.41, 5.74) is 1.60. The molecule has 5 nitrogen and oxygen atoms in total. The van der Waals surface area contributed by atoms with Crippen LogP contribution >= 0.6 is 0 Å². The van der Waals surface area contributed by atoms with Crippen LogP contribution < -0.4 is 10.1 Å². The minimum Gasteiger partial charge on any atom is -0.497 e. The van der Waals surface area contributed by atoms with Crippen molar-refractivity contribution in [2.24, 2.45) is 0 Å². The quantitative estimate of drug-likeness (QED) is 0.670. The minimum atomic E-state index is -0.868. The minimum absolute atomic E-state index is 0.0488. The van der Waals surface area contributed by atoms with Crippen molar-refractivity contribution in [3.8, 4) is 5.75 Å². The average Bonchev–Trinajstić information content (AvgIpc) is 2.64. The van der Waals surface area contributed by atoms with Gasteiger partial charge in [-0.05, 0) is 48.2 Å². The Balaban J connectivity index is 2.11. The normalized spacial score (nSPS) is 11.6. The van der Waals surface area contributed by atoms with E-state index in [0.29, 0.717) is 18.6 Å². The highest BCUT2D eigenvalue weighted by molar-refractivity contribution is 5.77. The van der Waals surface area contributed by atoms with Crippen molar-refractivity contribution in [3.05, 3.63) is 65.5 Å². The number of aliphatic carboxylic acids is 1. The van der Waals surface area contributed by atoms with Crippen LogP contribution in [0.5, 0.6) is 5.75 Å². The van der Waals surface area contributed by atoms with Crippen molar-refractivity contribution in [2.75, 3.05) is 7.11 Å². The van der Waals surface area contributed by atoms with E-state index < -0.39 is 12.0 Å². The van der Waals surface area contributed by atoms with E-state index in [-0.39, 0.29) is 24.6 Å². The maximum absolute atomic E-state index is 13.2. The van der Waals surface area contributed by atoms with Crippen LogP contribution in [0.15, 0.2) is 48.5 Å². The van der Waals surface area contributed by atoms with Gasteiger partial charge in [0.2, 0.25) is 5.91 Å². The molecule has 0 heterocycles. The summed E-state index contributed by atoms with van der Waals surface area (Å²) in [6.07, 6.45) is 1.23. The van der Waals surface area contributed by atoms with Gasteiger partial charge in [0.15, 0.2) is 0 Å². The van der Waals surface area contributed by atoms with Crippen LogP contribution in [0.4, 0.5) is 4.39 Å². The Hall–Kier alpha value is -2.89. The van der Waals surface area contributed by atoms with E-state index in [2.05, 4.69) is 5.32 Å². The van der Waals surface area contributed by atoms with Crippen LogP contribution in [0, 0.1) is 5.82 Å². The van der Waals surface area contributed by atoms with E-state index in [9.17, 15) is 14.0 Å². The molecule has 0 aliphatic rings. The molecule has 0 spiro atoms. The third kappa shape index (κ3) is 5.88. The average molecular weight is 359 g/mol. The fraction of sp³-hybridized carbons (Fsp3) is 0.300. The Morgan fingerprint density at radius 3 is 2.08 bits per heavy atom. The number of hydrogen-bond donors (Lipinski definition) is 2.